The lowest BCUT2D eigenvalue weighted by atomic mass is 10.2. The minimum Gasteiger partial charge on any atom is -0.390 e. The molecule has 0 bridgehead atoms. The molecule has 3 rings (SSSR count). The Bertz CT molecular complexity index is 929. The van der Waals surface area contributed by atoms with E-state index < -0.39 is 5.82 Å². The lowest BCUT2D eigenvalue weighted by molar-refractivity contribution is -0.113. The zero-order chi connectivity index (χ0) is 19.2. The number of para-hydroxylation sites is 1. The summed E-state index contributed by atoms with van der Waals surface area (Å²) in [6.07, 6.45) is 1.53. The minimum atomic E-state index is -0.503. The third-order valence-electron chi connectivity index (χ3n) is 3.80. The van der Waals surface area contributed by atoms with Crippen molar-refractivity contribution in [1.82, 2.24) is 9.55 Å². The summed E-state index contributed by atoms with van der Waals surface area (Å²) in [5.74, 6) is -1.17. The van der Waals surface area contributed by atoms with Crippen LogP contribution in [0.5, 0.6) is 0 Å². The normalized spacial score (nSPS) is 10.8. The van der Waals surface area contributed by atoms with Crippen LogP contribution in [-0.4, -0.2) is 26.3 Å². The summed E-state index contributed by atoms with van der Waals surface area (Å²) in [4.78, 5) is 16.3. The Balaban J connectivity index is 1.68. The molecular weight excluding hydrogens is 372 g/mol. The second-order valence-corrected chi connectivity index (χ2v) is 6.66. The number of imidazole rings is 1. The molecule has 1 amide bonds. The number of nitrogens with zero attached hydrogens (tertiary/aromatic N) is 2. The zero-order valence-electron chi connectivity index (χ0n) is 14.2. The Labute approximate surface area is 159 Å². The lowest BCUT2D eigenvalue weighted by Gasteiger charge is -2.11. The maximum Gasteiger partial charge on any atom is 0.234 e. The van der Waals surface area contributed by atoms with Gasteiger partial charge >= 0.3 is 0 Å². The summed E-state index contributed by atoms with van der Waals surface area (Å²) >= 11 is 1.17. The van der Waals surface area contributed by atoms with Gasteiger partial charge in [-0.1, -0.05) is 36.0 Å². The number of aliphatic hydroxyl groups is 1. The van der Waals surface area contributed by atoms with Gasteiger partial charge in [0, 0.05) is 6.54 Å². The van der Waals surface area contributed by atoms with Gasteiger partial charge in [0.05, 0.1) is 29.9 Å². The van der Waals surface area contributed by atoms with Crippen LogP contribution >= 0.6 is 11.8 Å². The number of benzene rings is 2. The summed E-state index contributed by atoms with van der Waals surface area (Å²) in [7, 11) is 0. The third kappa shape index (κ3) is 4.93. The van der Waals surface area contributed by atoms with E-state index in [4.69, 9.17) is 0 Å². The number of aliphatic hydroxyl groups excluding tert-OH is 1. The van der Waals surface area contributed by atoms with Gasteiger partial charge in [-0.25, -0.2) is 13.8 Å². The molecule has 5 nitrogen and oxygen atoms in total. The van der Waals surface area contributed by atoms with Crippen LogP contribution in [-0.2, 0) is 17.9 Å². The van der Waals surface area contributed by atoms with Crippen LogP contribution in [0.15, 0.2) is 59.9 Å². The van der Waals surface area contributed by atoms with E-state index in [1.165, 1.54) is 42.2 Å². The Morgan fingerprint density at radius 2 is 1.89 bits per heavy atom. The van der Waals surface area contributed by atoms with Crippen LogP contribution in [0.2, 0.25) is 0 Å². The Hall–Kier alpha value is -2.71. The van der Waals surface area contributed by atoms with Crippen LogP contribution in [0.4, 0.5) is 14.5 Å². The fourth-order valence-electron chi connectivity index (χ4n) is 2.45. The maximum absolute atomic E-state index is 13.6. The second kappa shape index (κ2) is 8.79. The number of carbonyl (C=O) groups excluding carboxylic acids is 1. The van der Waals surface area contributed by atoms with Crippen molar-refractivity contribution < 1.29 is 18.7 Å². The topological polar surface area (TPSA) is 67.1 Å². The van der Waals surface area contributed by atoms with Gasteiger partial charge < -0.3 is 15.0 Å². The van der Waals surface area contributed by atoms with Gasteiger partial charge in [0.1, 0.15) is 11.6 Å². The van der Waals surface area contributed by atoms with E-state index in [0.29, 0.717) is 17.4 Å². The van der Waals surface area contributed by atoms with Crippen LogP contribution in [0.3, 0.4) is 0 Å². The highest BCUT2D eigenvalue weighted by molar-refractivity contribution is 7.99. The Morgan fingerprint density at radius 3 is 2.59 bits per heavy atom. The molecule has 8 heteroatoms. The Kier molecular flexibility index (Phi) is 6.20. The molecule has 0 radical (unpaired) electrons. The van der Waals surface area contributed by atoms with Crippen LogP contribution < -0.4 is 5.32 Å². The molecule has 140 valence electrons. The van der Waals surface area contributed by atoms with Gasteiger partial charge in [-0.3, -0.25) is 4.79 Å². The van der Waals surface area contributed by atoms with Crippen molar-refractivity contribution in [2.75, 3.05) is 11.1 Å². The molecule has 0 aliphatic rings. The first kappa shape index (κ1) is 19.1. The van der Waals surface area contributed by atoms with E-state index in [0.717, 1.165) is 5.56 Å². The summed E-state index contributed by atoms with van der Waals surface area (Å²) in [5.41, 5.74) is 1.53. The maximum atomic E-state index is 13.6. The van der Waals surface area contributed by atoms with E-state index in [9.17, 15) is 18.7 Å². The SMILES string of the molecule is O=C(CSc1ncc(CO)n1Cc1ccc(F)cc1)Nc1ccccc1F. The predicted molar refractivity (Wildman–Crippen MR) is 99.4 cm³/mol. The molecule has 27 heavy (non-hydrogen) atoms. The molecule has 1 aromatic heterocycles. The van der Waals surface area contributed by atoms with Crippen LogP contribution in [0.25, 0.3) is 0 Å². The van der Waals surface area contributed by atoms with Gasteiger partial charge in [-0.2, -0.15) is 0 Å². The first-order valence-corrected chi connectivity index (χ1v) is 9.12. The van der Waals surface area contributed by atoms with Crippen LogP contribution in [0, 0.1) is 11.6 Å². The van der Waals surface area contributed by atoms with Gasteiger partial charge in [-0.15, -0.1) is 0 Å². The number of anilines is 1. The number of aromatic nitrogens is 2. The average Bonchev–Trinajstić information content (AvgIpc) is 3.05. The largest absolute Gasteiger partial charge is 0.390 e. The molecule has 0 spiro atoms. The third-order valence-corrected chi connectivity index (χ3v) is 4.79. The van der Waals surface area contributed by atoms with E-state index in [1.54, 1.807) is 28.8 Å². The predicted octanol–water partition coefficient (Wildman–Crippen LogP) is 3.43. The van der Waals surface area contributed by atoms with E-state index >= 15 is 0 Å². The molecular formula is C19H17F2N3O2S. The molecule has 0 aliphatic heterocycles. The molecule has 3 aromatic rings. The second-order valence-electron chi connectivity index (χ2n) is 5.72. The smallest absolute Gasteiger partial charge is 0.234 e. The average molecular weight is 389 g/mol. The first-order chi connectivity index (χ1) is 13.1. The number of thioether (sulfide) groups is 1. The highest BCUT2D eigenvalue weighted by Crippen LogP contribution is 2.21. The van der Waals surface area contributed by atoms with Gasteiger partial charge in [0.2, 0.25) is 5.91 Å². The summed E-state index contributed by atoms with van der Waals surface area (Å²) in [5, 5.41) is 12.6. The van der Waals surface area contributed by atoms with Gasteiger partial charge in [-0.05, 0) is 29.8 Å². The number of nitrogens with one attached hydrogen (secondary N) is 1. The Morgan fingerprint density at radius 1 is 1.15 bits per heavy atom. The fraction of sp³-hybridized carbons (Fsp3) is 0.158. The van der Waals surface area contributed by atoms with Crippen molar-refractivity contribution in [2.45, 2.75) is 18.3 Å². The minimum absolute atomic E-state index is 0.0274. The van der Waals surface area contributed by atoms with Gasteiger partial charge in [0.15, 0.2) is 5.16 Å². The zero-order valence-corrected chi connectivity index (χ0v) is 15.0. The molecule has 0 saturated heterocycles. The summed E-state index contributed by atoms with van der Waals surface area (Å²) < 4.78 is 28.4. The van der Waals surface area contributed by atoms with E-state index in [2.05, 4.69) is 10.3 Å². The first-order valence-electron chi connectivity index (χ1n) is 8.13. The number of carbonyl (C=O) groups is 1. The lowest BCUT2D eigenvalue weighted by Crippen LogP contribution is -2.16. The van der Waals surface area contributed by atoms with Crippen molar-refractivity contribution in [1.29, 1.82) is 0 Å². The van der Waals surface area contributed by atoms with Crippen molar-refractivity contribution in [3.05, 3.63) is 77.6 Å². The molecule has 0 saturated carbocycles. The molecule has 2 aromatic carbocycles. The molecule has 0 fully saturated rings. The van der Waals surface area contributed by atoms with Crippen molar-refractivity contribution in [3.63, 3.8) is 0 Å². The molecule has 0 aliphatic carbocycles. The van der Waals surface area contributed by atoms with Crippen molar-refractivity contribution in [3.8, 4) is 0 Å². The molecule has 0 atom stereocenters. The summed E-state index contributed by atoms with van der Waals surface area (Å²) in [6.45, 7) is 0.170. The standard InChI is InChI=1S/C19H17F2N3O2S/c20-14-7-5-13(6-8-14)10-24-15(11-25)9-22-19(24)27-12-18(26)23-17-4-2-1-3-16(17)21/h1-9,25H,10-12H2,(H,23,26). The highest BCUT2D eigenvalue weighted by Gasteiger charge is 2.13. The number of rotatable bonds is 7. The number of halogens is 2. The quantitative estimate of drug-likeness (QED) is 0.608. The van der Waals surface area contributed by atoms with Gasteiger partial charge in [0.25, 0.3) is 0 Å². The highest BCUT2D eigenvalue weighted by atomic mass is 32.2. The van der Waals surface area contributed by atoms with Crippen molar-refractivity contribution >= 4 is 23.4 Å². The van der Waals surface area contributed by atoms with Crippen molar-refractivity contribution in [2.24, 2.45) is 0 Å². The monoisotopic (exact) mass is 389 g/mol. The number of hydrogen-bond acceptors (Lipinski definition) is 4. The molecule has 0 unspecified atom stereocenters. The fourth-order valence-corrected chi connectivity index (χ4v) is 3.25. The van der Waals surface area contributed by atoms with E-state index in [-0.39, 0.29) is 29.8 Å². The molecule has 2 N–H and O–H groups in total. The summed E-state index contributed by atoms with van der Waals surface area (Å²) in [6, 6.07) is 11.9. The number of hydrogen-bond donors (Lipinski definition) is 2. The molecule has 1 heterocycles. The van der Waals surface area contributed by atoms with E-state index in [1.807, 2.05) is 0 Å². The van der Waals surface area contributed by atoms with Crippen LogP contribution in [0.1, 0.15) is 11.3 Å². The number of amides is 1.